The average Bonchev–Trinajstić information content (AvgIpc) is 2.96. The second kappa shape index (κ2) is 5.49. The van der Waals surface area contributed by atoms with Crippen molar-refractivity contribution in [3.05, 3.63) is 20.8 Å². The quantitative estimate of drug-likeness (QED) is 0.845. The van der Waals surface area contributed by atoms with Gasteiger partial charge in [0, 0.05) is 23.6 Å². The second-order valence-corrected chi connectivity index (χ2v) is 6.74. The van der Waals surface area contributed by atoms with Crippen molar-refractivity contribution in [2.75, 3.05) is 13.1 Å². The van der Waals surface area contributed by atoms with E-state index in [9.17, 15) is 4.79 Å². The van der Waals surface area contributed by atoms with Crippen molar-refractivity contribution in [1.82, 2.24) is 4.90 Å². The van der Waals surface area contributed by atoms with Gasteiger partial charge in [0.05, 0.1) is 0 Å². The lowest BCUT2D eigenvalue weighted by Crippen LogP contribution is -2.33. The number of hydrogen-bond acceptors (Lipinski definition) is 3. The minimum absolute atomic E-state index is 0. The molecule has 2 fully saturated rings. The van der Waals surface area contributed by atoms with Gasteiger partial charge in [0.1, 0.15) is 4.88 Å². The lowest BCUT2D eigenvalue weighted by atomic mass is 9.98. The standard InChI is InChI=1S/C12H15BrN2OS.ClH/c13-9-3-4-17-11(9)12(16)15-5-7-1-2-10(14)8(7)6-15;/h3-4,7-8,10H,1-2,5-6,14H2;1H. The van der Waals surface area contributed by atoms with Crippen molar-refractivity contribution in [3.8, 4) is 0 Å². The highest BCUT2D eigenvalue weighted by molar-refractivity contribution is 9.10. The number of hydrogen-bond donors (Lipinski definition) is 1. The Morgan fingerprint density at radius 3 is 2.83 bits per heavy atom. The minimum Gasteiger partial charge on any atom is -0.337 e. The maximum absolute atomic E-state index is 12.3. The van der Waals surface area contributed by atoms with Crippen LogP contribution in [0.4, 0.5) is 0 Å². The van der Waals surface area contributed by atoms with E-state index in [1.165, 1.54) is 17.8 Å². The largest absolute Gasteiger partial charge is 0.337 e. The van der Waals surface area contributed by atoms with Crippen LogP contribution in [0.15, 0.2) is 15.9 Å². The Labute approximate surface area is 125 Å². The maximum Gasteiger partial charge on any atom is 0.265 e. The highest BCUT2D eigenvalue weighted by Crippen LogP contribution is 2.38. The van der Waals surface area contributed by atoms with Gasteiger partial charge >= 0.3 is 0 Å². The van der Waals surface area contributed by atoms with E-state index < -0.39 is 0 Å². The molecule has 1 aliphatic heterocycles. The first-order chi connectivity index (χ1) is 8.16. The molecule has 0 spiro atoms. The lowest BCUT2D eigenvalue weighted by Gasteiger charge is -2.18. The van der Waals surface area contributed by atoms with E-state index in [-0.39, 0.29) is 18.3 Å². The van der Waals surface area contributed by atoms with Gasteiger partial charge in [0.2, 0.25) is 0 Å². The second-order valence-electron chi connectivity index (χ2n) is 4.97. The smallest absolute Gasteiger partial charge is 0.265 e. The third-order valence-electron chi connectivity index (χ3n) is 4.01. The SMILES string of the molecule is Cl.NC1CCC2CN(C(=O)c3sccc3Br)CC12. The van der Waals surface area contributed by atoms with Gasteiger partial charge in [-0.3, -0.25) is 4.79 Å². The molecular weight excluding hydrogens is 336 g/mol. The van der Waals surface area contributed by atoms with Crippen LogP contribution in [-0.4, -0.2) is 29.9 Å². The summed E-state index contributed by atoms with van der Waals surface area (Å²) in [6.45, 7) is 1.73. The molecule has 2 aliphatic rings. The number of likely N-dealkylation sites (tertiary alicyclic amines) is 1. The van der Waals surface area contributed by atoms with Crippen LogP contribution in [0.2, 0.25) is 0 Å². The van der Waals surface area contributed by atoms with Crippen LogP contribution in [0.5, 0.6) is 0 Å². The Balaban J connectivity index is 0.00000120. The number of nitrogens with two attached hydrogens (primary N) is 1. The molecule has 0 radical (unpaired) electrons. The van der Waals surface area contributed by atoms with Gasteiger partial charge in [-0.05, 0) is 52.1 Å². The molecule has 3 rings (SSSR count). The Morgan fingerprint density at radius 2 is 2.22 bits per heavy atom. The zero-order valence-corrected chi connectivity index (χ0v) is 13.1. The number of carbonyl (C=O) groups is 1. The summed E-state index contributed by atoms with van der Waals surface area (Å²) in [4.78, 5) is 15.1. The zero-order chi connectivity index (χ0) is 12.0. The fourth-order valence-electron chi connectivity index (χ4n) is 3.06. The summed E-state index contributed by atoms with van der Waals surface area (Å²) in [5, 5.41) is 1.94. The topological polar surface area (TPSA) is 46.3 Å². The van der Waals surface area contributed by atoms with E-state index in [0.29, 0.717) is 17.9 Å². The first-order valence-corrected chi connectivity index (χ1v) is 7.62. The van der Waals surface area contributed by atoms with Gasteiger partial charge in [-0.2, -0.15) is 0 Å². The molecule has 1 amide bonds. The number of rotatable bonds is 1. The van der Waals surface area contributed by atoms with Crippen LogP contribution in [-0.2, 0) is 0 Å². The monoisotopic (exact) mass is 350 g/mol. The molecule has 18 heavy (non-hydrogen) atoms. The Bertz CT molecular complexity index is 453. The average molecular weight is 352 g/mol. The molecule has 1 aromatic rings. The predicted octanol–water partition coefficient (Wildman–Crippen LogP) is 2.74. The number of halogens is 2. The number of fused-ring (bicyclic) bond motifs is 1. The minimum atomic E-state index is 0. The highest BCUT2D eigenvalue weighted by atomic mass is 79.9. The predicted molar refractivity (Wildman–Crippen MR) is 79.4 cm³/mol. The first-order valence-electron chi connectivity index (χ1n) is 5.94. The van der Waals surface area contributed by atoms with Gasteiger partial charge in [0.25, 0.3) is 5.91 Å². The molecular formula is C12H16BrClN2OS. The summed E-state index contributed by atoms with van der Waals surface area (Å²) in [7, 11) is 0. The molecule has 1 saturated carbocycles. The lowest BCUT2D eigenvalue weighted by molar-refractivity contribution is 0.0783. The zero-order valence-electron chi connectivity index (χ0n) is 9.84. The van der Waals surface area contributed by atoms with Crippen molar-refractivity contribution < 1.29 is 4.79 Å². The number of amides is 1. The van der Waals surface area contributed by atoms with Gasteiger partial charge in [0.15, 0.2) is 0 Å². The maximum atomic E-state index is 12.3. The summed E-state index contributed by atoms with van der Waals surface area (Å²) in [5.41, 5.74) is 6.09. The molecule has 2 N–H and O–H groups in total. The van der Waals surface area contributed by atoms with Crippen molar-refractivity contribution in [1.29, 1.82) is 0 Å². The molecule has 0 bridgehead atoms. The van der Waals surface area contributed by atoms with Crippen LogP contribution in [0, 0.1) is 11.8 Å². The molecule has 1 saturated heterocycles. The van der Waals surface area contributed by atoms with Crippen LogP contribution >= 0.6 is 39.7 Å². The summed E-state index contributed by atoms with van der Waals surface area (Å²) < 4.78 is 0.911. The van der Waals surface area contributed by atoms with Crippen molar-refractivity contribution in [3.63, 3.8) is 0 Å². The fraction of sp³-hybridized carbons (Fsp3) is 0.583. The van der Waals surface area contributed by atoms with Crippen LogP contribution in [0.1, 0.15) is 22.5 Å². The Hall–Kier alpha value is -0.100. The van der Waals surface area contributed by atoms with E-state index >= 15 is 0 Å². The molecule has 0 aromatic carbocycles. The Kier molecular flexibility index (Phi) is 4.36. The summed E-state index contributed by atoms with van der Waals surface area (Å²) in [6, 6.07) is 2.23. The number of nitrogens with zero attached hydrogens (tertiary/aromatic N) is 1. The van der Waals surface area contributed by atoms with Crippen LogP contribution < -0.4 is 5.73 Å². The number of carbonyl (C=O) groups excluding carboxylic acids is 1. The fourth-order valence-corrected chi connectivity index (χ4v) is 4.57. The third-order valence-corrected chi connectivity index (χ3v) is 5.84. The van der Waals surface area contributed by atoms with E-state index in [1.54, 1.807) is 0 Å². The van der Waals surface area contributed by atoms with Gasteiger partial charge in [-0.15, -0.1) is 23.7 Å². The molecule has 1 aromatic heterocycles. The van der Waals surface area contributed by atoms with E-state index in [2.05, 4.69) is 15.9 Å². The molecule has 2 heterocycles. The van der Waals surface area contributed by atoms with Crippen LogP contribution in [0.25, 0.3) is 0 Å². The van der Waals surface area contributed by atoms with E-state index in [0.717, 1.165) is 28.9 Å². The van der Waals surface area contributed by atoms with E-state index in [1.807, 2.05) is 16.3 Å². The van der Waals surface area contributed by atoms with Crippen molar-refractivity contribution in [2.45, 2.75) is 18.9 Å². The summed E-state index contributed by atoms with van der Waals surface area (Å²) in [6.07, 6.45) is 2.31. The van der Waals surface area contributed by atoms with Gasteiger partial charge in [-0.1, -0.05) is 0 Å². The van der Waals surface area contributed by atoms with Crippen molar-refractivity contribution in [2.24, 2.45) is 17.6 Å². The summed E-state index contributed by atoms with van der Waals surface area (Å²) in [5.74, 6) is 1.32. The third kappa shape index (κ3) is 2.33. The summed E-state index contributed by atoms with van der Waals surface area (Å²) >= 11 is 4.93. The van der Waals surface area contributed by atoms with Crippen molar-refractivity contribution >= 4 is 45.6 Å². The van der Waals surface area contributed by atoms with Crippen LogP contribution in [0.3, 0.4) is 0 Å². The molecule has 3 atom stereocenters. The molecule has 6 heteroatoms. The van der Waals surface area contributed by atoms with Gasteiger partial charge < -0.3 is 10.6 Å². The molecule has 3 nitrogen and oxygen atoms in total. The normalized spacial score (nSPS) is 30.1. The number of thiophene rings is 1. The Morgan fingerprint density at radius 1 is 1.44 bits per heavy atom. The first kappa shape index (κ1) is 14.3. The van der Waals surface area contributed by atoms with E-state index in [4.69, 9.17) is 5.73 Å². The molecule has 100 valence electrons. The van der Waals surface area contributed by atoms with Gasteiger partial charge in [-0.25, -0.2) is 0 Å². The molecule has 1 aliphatic carbocycles. The molecule has 3 unspecified atom stereocenters. The highest BCUT2D eigenvalue weighted by Gasteiger charge is 2.42.